The highest BCUT2D eigenvalue weighted by atomic mass is 15.3. The van der Waals surface area contributed by atoms with E-state index in [1.54, 1.807) is 0 Å². The molecule has 2 aliphatic carbocycles. The van der Waals surface area contributed by atoms with Crippen LogP contribution in [0.1, 0.15) is 50.6 Å². The molecule has 2 N–H and O–H groups in total. The highest BCUT2D eigenvalue weighted by molar-refractivity contribution is 5.17. The zero-order valence-corrected chi connectivity index (χ0v) is 10.7. The Bertz CT molecular complexity index is 373. The maximum absolute atomic E-state index is 6.42. The van der Waals surface area contributed by atoms with E-state index in [2.05, 4.69) is 18.2 Å². The number of nitrogens with zero attached hydrogens (tertiary/aromatic N) is 2. The standard InChI is InChI=1S/C14H23N3/c1-2-7-17-9-10(8-16-17)14(15)13-11-5-3-4-6-12(11)13/h8-9,11-14H,2-7,15H2,1H3. The zero-order chi connectivity index (χ0) is 11.8. The molecule has 3 unspecified atom stereocenters. The Hall–Kier alpha value is -0.830. The molecular formula is C14H23N3. The summed E-state index contributed by atoms with van der Waals surface area (Å²) in [6.07, 6.45) is 10.9. The molecule has 0 spiro atoms. The van der Waals surface area contributed by atoms with Crippen LogP contribution < -0.4 is 5.73 Å². The number of nitrogens with two attached hydrogens (primary N) is 1. The van der Waals surface area contributed by atoms with Gasteiger partial charge in [-0.2, -0.15) is 5.10 Å². The van der Waals surface area contributed by atoms with Gasteiger partial charge in [-0.3, -0.25) is 4.68 Å². The molecular weight excluding hydrogens is 210 g/mol. The van der Waals surface area contributed by atoms with Crippen molar-refractivity contribution in [1.82, 2.24) is 9.78 Å². The average Bonchev–Trinajstić information content (AvgIpc) is 2.89. The van der Waals surface area contributed by atoms with Crippen molar-refractivity contribution in [3.8, 4) is 0 Å². The molecule has 3 heteroatoms. The summed E-state index contributed by atoms with van der Waals surface area (Å²) in [5.74, 6) is 2.60. The van der Waals surface area contributed by atoms with Crippen molar-refractivity contribution in [2.75, 3.05) is 0 Å². The molecule has 3 rings (SSSR count). The highest BCUT2D eigenvalue weighted by Crippen LogP contribution is 2.59. The second-order valence-corrected chi connectivity index (χ2v) is 5.75. The summed E-state index contributed by atoms with van der Waals surface area (Å²) >= 11 is 0. The fourth-order valence-corrected chi connectivity index (χ4v) is 3.71. The monoisotopic (exact) mass is 233 g/mol. The lowest BCUT2D eigenvalue weighted by molar-refractivity contribution is 0.480. The summed E-state index contributed by atoms with van der Waals surface area (Å²) in [7, 11) is 0. The van der Waals surface area contributed by atoms with E-state index in [0.717, 1.165) is 30.7 Å². The van der Waals surface area contributed by atoms with Gasteiger partial charge in [0.2, 0.25) is 0 Å². The number of hydrogen-bond acceptors (Lipinski definition) is 2. The number of rotatable bonds is 4. The van der Waals surface area contributed by atoms with E-state index in [9.17, 15) is 0 Å². The van der Waals surface area contributed by atoms with Crippen LogP contribution in [-0.2, 0) is 6.54 Å². The van der Waals surface area contributed by atoms with Crippen molar-refractivity contribution in [2.24, 2.45) is 23.5 Å². The summed E-state index contributed by atoms with van der Waals surface area (Å²) < 4.78 is 2.03. The van der Waals surface area contributed by atoms with Crippen molar-refractivity contribution in [2.45, 2.75) is 51.6 Å². The third-order valence-electron chi connectivity index (χ3n) is 4.63. The van der Waals surface area contributed by atoms with Crippen LogP contribution in [0.2, 0.25) is 0 Å². The van der Waals surface area contributed by atoms with Crippen LogP contribution in [0, 0.1) is 17.8 Å². The van der Waals surface area contributed by atoms with Gasteiger partial charge in [0, 0.05) is 24.3 Å². The molecule has 2 aliphatic rings. The molecule has 1 aromatic heterocycles. The van der Waals surface area contributed by atoms with Crippen LogP contribution >= 0.6 is 0 Å². The van der Waals surface area contributed by atoms with E-state index >= 15 is 0 Å². The van der Waals surface area contributed by atoms with Crippen molar-refractivity contribution in [3.05, 3.63) is 18.0 Å². The number of aromatic nitrogens is 2. The van der Waals surface area contributed by atoms with E-state index in [-0.39, 0.29) is 6.04 Å². The summed E-state index contributed by atoms with van der Waals surface area (Å²) in [6, 6.07) is 0.230. The van der Waals surface area contributed by atoms with Gasteiger partial charge < -0.3 is 5.73 Å². The van der Waals surface area contributed by atoms with Gasteiger partial charge in [0.15, 0.2) is 0 Å². The predicted molar refractivity (Wildman–Crippen MR) is 68.4 cm³/mol. The molecule has 0 aliphatic heterocycles. The topological polar surface area (TPSA) is 43.8 Å². The average molecular weight is 233 g/mol. The maximum Gasteiger partial charge on any atom is 0.0537 e. The molecule has 1 aromatic rings. The quantitative estimate of drug-likeness (QED) is 0.869. The van der Waals surface area contributed by atoms with Gasteiger partial charge in [0.25, 0.3) is 0 Å². The molecule has 0 saturated heterocycles. The molecule has 0 bridgehead atoms. The van der Waals surface area contributed by atoms with Gasteiger partial charge in [-0.15, -0.1) is 0 Å². The molecule has 0 aromatic carbocycles. The Morgan fingerprint density at radius 1 is 1.41 bits per heavy atom. The van der Waals surface area contributed by atoms with Gasteiger partial charge in [-0.25, -0.2) is 0 Å². The summed E-state index contributed by atoms with van der Waals surface area (Å²) in [6.45, 7) is 3.18. The minimum Gasteiger partial charge on any atom is -0.324 e. The van der Waals surface area contributed by atoms with E-state index in [0.29, 0.717) is 0 Å². The molecule has 1 heterocycles. The van der Waals surface area contributed by atoms with Crippen LogP contribution in [-0.4, -0.2) is 9.78 Å². The van der Waals surface area contributed by atoms with Gasteiger partial charge >= 0.3 is 0 Å². The zero-order valence-electron chi connectivity index (χ0n) is 10.7. The molecule has 17 heavy (non-hydrogen) atoms. The number of fused-ring (bicyclic) bond motifs is 1. The van der Waals surface area contributed by atoms with Gasteiger partial charge in [-0.05, 0) is 37.0 Å². The normalized spacial score (nSPS) is 33.2. The second kappa shape index (κ2) is 4.45. The first-order valence-electron chi connectivity index (χ1n) is 7.09. The fourth-order valence-electron chi connectivity index (χ4n) is 3.71. The van der Waals surface area contributed by atoms with Crippen LogP contribution in [0.25, 0.3) is 0 Å². The molecule has 94 valence electrons. The first-order valence-corrected chi connectivity index (χ1v) is 7.09. The summed E-state index contributed by atoms with van der Waals surface area (Å²) in [5, 5.41) is 4.39. The van der Waals surface area contributed by atoms with Crippen molar-refractivity contribution in [1.29, 1.82) is 0 Å². The van der Waals surface area contributed by atoms with Crippen molar-refractivity contribution < 1.29 is 0 Å². The third kappa shape index (κ3) is 2.01. The lowest BCUT2D eigenvalue weighted by Gasteiger charge is -2.08. The molecule has 0 amide bonds. The molecule has 3 atom stereocenters. The Labute approximate surface area is 103 Å². The summed E-state index contributed by atoms with van der Waals surface area (Å²) in [5.41, 5.74) is 7.66. The van der Waals surface area contributed by atoms with E-state index in [1.807, 2.05) is 10.9 Å². The Balaban J connectivity index is 1.67. The third-order valence-corrected chi connectivity index (χ3v) is 4.63. The van der Waals surface area contributed by atoms with Crippen molar-refractivity contribution in [3.63, 3.8) is 0 Å². The molecule has 0 radical (unpaired) electrons. The van der Waals surface area contributed by atoms with E-state index in [1.165, 1.54) is 31.2 Å². The predicted octanol–water partition coefficient (Wildman–Crippen LogP) is 2.73. The lowest BCUT2D eigenvalue weighted by atomic mass is 10.0. The van der Waals surface area contributed by atoms with Gasteiger partial charge in [0.1, 0.15) is 0 Å². The van der Waals surface area contributed by atoms with Crippen LogP contribution in [0.5, 0.6) is 0 Å². The molecule has 3 nitrogen and oxygen atoms in total. The minimum absolute atomic E-state index is 0.230. The lowest BCUT2D eigenvalue weighted by Crippen LogP contribution is -2.13. The largest absolute Gasteiger partial charge is 0.324 e. The van der Waals surface area contributed by atoms with Gasteiger partial charge in [0.05, 0.1) is 6.20 Å². The van der Waals surface area contributed by atoms with Gasteiger partial charge in [-0.1, -0.05) is 19.8 Å². The highest BCUT2D eigenvalue weighted by Gasteiger charge is 2.53. The van der Waals surface area contributed by atoms with Crippen LogP contribution in [0.3, 0.4) is 0 Å². The Kier molecular flexibility index (Phi) is 2.95. The van der Waals surface area contributed by atoms with E-state index < -0.39 is 0 Å². The minimum atomic E-state index is 0.230. The van der Waals surface area contributed by atoms with Crippen LogP contribution in [0.15, 0.2) is 12.4 Å². The number of hydrogen-bond donors (Lipinski definition) is 1. The molecule has 2 fully saturated rings. The molecule has 2 saturated carbocycles. The first kappa shape index (κ1) is 11.3. The fraction of sp³-hybridized carbons (Fsp3) is 0.786. The Morgan fingerprint density at radius 3 is 2.76 bits per heavy atom. The first-order chi connectivity index (χ1) is 8.31. The maximum atomic E-state index is 6.42. The Morgan fingerprint density at radius 2 is 2.12 bits per heavy atom. The van der Waals surface area contributed by atoms with Crippen LogP contribution in [0.4, 0.5) is 0 Å². The second-order valence-electron chi connectivity index (χ2n) is 5.75. The van der Waals surface area contributed by atoms with Crippen molar-refractivity contribution >= 4 is 0 Å². The SMILES string of the molecule is CCCn1cc(C(N)C2C3CCCCC32)cn1. The van der Waals surface area contributed by atoms with E-state index in [4.69, 9.17) is 5.73 Å². The number of aryl methyl sites for hydroxylation is 1. The smallest absolute Gasteiger partial charge is 0.0537 e. The summed E-state index contributed by atoms with van der Waals surface area (Å²) in [4.78, 5) is 0.